The molecule has 0 aliphatic carbocycles. The monoisotopic (exact) mass is 362 g/mol. The average Bonchev–Trinajstić information content (AvgIpc) is 2.63. The van der Waals surface area contributed by atoms with Crippen LogP contribution in [0.3, 0.4) is 0 Å². The van der Waals surface area contributed by atoms with Gasteiger partial charge in [-0.05, 0) is 12.1 Å². The molecule has 0 fully saturated rings. The van der Waals surface area contributed by atoms with Gasteiger partial charge >= 0.3 is 5.97 Å². The van der Waals surface area contributed by atoms with Crippen LogP contribution in [0, 0.1) is 0 Å². The SMILES string of the molecule is CNC(=O)CN(C)C(=O)COC(=O)Cn1[nH]c(=O)c2ccccc2c1=O. The fraction of sp³-hybridized carbons (Fsp3) is 0.312. The van der Waals surface area contributed by atoms with Crippen LogP contribution in [0.15, 0.2) is 33.9 Å². The lowest BCUT2D eigenvalue weighted by Crippen LogP contribution is -2.39. The van der Waals surface area contributed by atoms with E-state index < -0.39 is 36.1 Å². The molecule has 0 unspecified atom stereocenters. The first-order chi connectivity index (χ1) is 12.3. The first kappa shape index (κ1) is 18.9. The van der Waals surface area contributed by atoms with Crippen LogP contribution < -0.4 is 16.4 Å². The molecule has 1 aromatic carbocycles. The van der Waals surface area contributed by atoms with Gasteiger partial charge in [0.25, 0.3) is 17.0 Å². The highest BCUT2D eigenvalue weighted by atomic mass is 16.5. The summed E-state index contributed by atoms with van der Waals surface area (Å²) >= 11 is 0. The number of fused-ring (bicyclic) bond motifs is 1. The van der Waals surface area contributed by atoms with Gasteiger partial charge in [0.2, 0.25) is 5.91 Å². The number of amides is 2. The number of ether oxygens (including phenoxy) is 1. The number of carbonyl (C=O) groups is 3. The van der Waals surface area contributed by atoms with Crippen LogP contribution in [0.25, 0.3) is 10.8 Å². The number of likely N-dealkylation sites (N-methyl/N-ethyl adjacent to an activating group) is 2. The lowest BCUT2D eigenvalue weighted by atomic mass is 10.2. The summed E-state index contributed by atoms with van der Waals surface area (Å²) in [6.07, 6.45) is 0. The fourth-order valence-corrected chi connectivity index (χ4v) is 2.17. The molecule has 0 saturated carbocycles. The second-order valence-electron chi connectivity index (χ2n) is 5.46. The molecule has 26 heavy (non-hydrogen) atoms. The van der Waals surface area contributed by atoms with Crippen molar-refractivity contribution in [1.29, 1.82) is 0 Å². The van der Waals surface area contributed by atoms with Gasteiger partial charge in [0, 0.05) is 14.1 Å². The first-order valence-electron chi connectivity index (χ1n) is 7.65. The van der Waals surface area contributed by atoms with Gasteiger partial charge in [-0.25, -0.2) is 4.68 Å². The molecular formula is C16H18N4O6. The smallest absolute Gasteiger partial charge is 0.328 e. The van der Waals surface area contributed by atoms with E-state index in [2.05, 4.69) is 10.4 Å². The second-order valence-corrected chi connectivity index (χ2v) is 5.46. The number of H-pyrrole nitrogens is 1. The molecule has 10 nitrogen and oxygen atoms in total. The van der Waals surface area contributed by atoms with Crippen molar-refractivity contribution in [3.63, 3.8) is 0 Å². The van der Waals surface area contributed by atoms with Crippen molar-refractivity contribution in [3.8, 4) is 0 Å². The van der Waals surface area contributed by atoms with Crippen LogP contribution in [-0.4, -0.2) is 59.7 Å². The number of nitrogens with one attached hydrogen (secondary N) is 2. The Morgan fingerprint density at radius 2 is 1.85 bits per heavy atom. The lowest BCUT2D eigenvalue weighted by molar-refractivity contribution is -0.152. The zero-order chi connectivity index (χ0) is 19.3. The number of aromatic nitrogens is 2. The number of rotatable bonds is 6. The van der Waals surface area contributed by atoms with Crippen molar-refractivity contribution in [2.75, 3.05) is 27.2 Å². The predicted molar refractivity (Wildman–Crippen MR) is 91.5 cm³/mol. The maximum atomic E-state index is 12.3. The van der Waals surface area contributed by atoms with E-state index in [1.807, 2.05) is 0 Å². The van der Waals surface area contributed by atoms with E-state index in [1.165, 1.54) is 26.2 Å². The molecule has 2 aromatic rings. The minimum Gasteiger partial charge on any atom is -0.454 e. The van der Waals surface area contributed by atoms with E-state index in [4.69, 9.17) is 4.74 Å². The Kier molecular flexibility index (Phi) is 5.89. The van der Waals surface area contributed by atoms with Gasteiger partial charge < -0.3 is 15.0 Å². The molecule has 0 spiro atoms. The quantitative estimate of drug-likeness (QED) is 0.598. The Morgan fingerprint density at radius 3 is 2.50 bits per heavy atom. The third-order valence-electron chi connectivity index (χ3n) is 3.61. The molecular weight excluding hydrogens is 344 g/mol. The van der Waals surface area contributed by atoms with Crippen LogP contribution in [0.4, 0.5) is 0 Å². The van der Waals surface area contributed by atoms with E-state index in [0.29, 0.717) is 0 Å². The molecule has 2 rings (SSSR count). The van der Waals surface area contributed by atoms with Gasteiger partial charge in [0.1, 0.15) is 6.54 Å². The first-order valence-corrected chi connectivity index (χ1v) is 7.65. The largest absolute Gasteiger partial charge is 0.454 e. The van der Waals surface area contributed by atoms with Gasteiger partial charge in [0.15, 0.2) is 6.61 Å². The van der Waals surface area contributed by atoms with E-state index >= 15 is 0 Å². The number of esters is 1. The molecule has 0 aliphatic rings. The highest BCUT2D eigenvalue weighted by Crippen LogP contribution is 2.02. The molecule has 10 heteroatoms. The molecule has 138 valence electrons. The van der Waals surface area contributed by atoms with Crippen molar-refractivity contribution in [2.24, 2.45) is 0 Å². The normalized spacial score (nSPS) is 10.4. The number of aromatic amines is 1. The van der Waals surface area contributed by atoms with Gasteiger partial charge in [-0.1, -0.05) is 12.1 Å². The van der Waals surface area contributed by atoms with Crippen LogP contribution >= 0.6 is 0 Å². The lowest BCUT2D eigenvalue weighted by Gasteiger charge is -2.16. The minimum absolute atomic E-state index is 0.172. The predicted octanol–water partition coefficient (Wildman–Crippen LogP) is -1.56. The summed E-state index contributed by atoms with van der Waals surface area (Å²) in [4.78, 5) is 60.2. The average molecular weight is 362 g/mol. The minimum atomic E-state index is -0.875. The second kappa shape index (κ2) is 8.10. The summed E-state index contributed by atoms with van der Waals surface area (Å²) in [5, 5.41) is 5.04. The Morgan fingerprint density at radius 1 is 1.19 bits per heavy atom. The fourth-order valence-electron chi connectivity index (χ4n) is 2.17. The summed E-state index contributed by atoms with van der Waals surface area (Å²) < 4.78 is 5.63. The number of hydrogen-bond donors (Lipinski definition) is 2. The molecule has 1 heterocycles. The topological polar surface area (TPSA) is 131 Å². The molecule has 0 saturated heterocycles. The van der Waals surface area contributed by atoms with Crippen molar-refractivity contribution >= 4 is 28.6 Å². The Labute approximate surface area is 147 Å². The number of benzene rings is 1. The van der Waals surface area contributed by atoms with Crippen molar-refractivity contribution < 1.29 is 19.1 Å². The molecule has 2 N–H and O–H groups in total. The van der Waals surface area contributed by atoms with Crippen LogP contribution in [0.2, 0.25) is 0 Å². The summed E-state index contributed by atoms with van der Waals surface area (Å²) in [5.74, 6) is -1.83. The zero-order valence-electron chi connectivity index (χ0n) is 14.3. The molecule has 0 aliphatic heterocycles. The molecule has 1 aromatic heterocycles. The number of nitrogens with zero attached hydrogens (tertiary/aromatic N) is 2. The van der Waals surface area contributed by atoms with Gasteiger partial charge in [-0.3, -0.25) is 29.1 Å². The maximum absolute atomic E-state index is 12.3. The van der Waals surface area contributed by atoms with Crippen molar-refractivity contribution in [3.05, 3.63) is 45.0 Å². The zero-order valence-corrected chi connectivity index (χ0v) is 14.3. The van der Waals surface area contributed by atoms with E-state index in [-0.39, 0.29) is 23.2 Å². The summed E-state index contributed by atoms with van der Waals surface area (Å²) in [6.45, 7) is -1.31. The van der Waals surface area contributed by atoms with E-state index in [9.17, 15) is 24.0 Å². The maximum Gasteiger partial charge on any atom is 0.328 e. The number of carbonyl (C=O) groups excluding carboxylic acids is 3. The van der Waals surface area contributed by atoms with Gasteiger partial charge in [0.05, 0.1) is 17.3 Å². The molecule has 2 amide bonds. The van der Waals surface area contributed by atoms with Crippen LogP contribution in [-0.2, 0) is 25.7 Å². The van der Waals surface area contributed by atoms with Gasteiger partial charge in [-0.2, -0.15) is 0 Å². The van der Waals surface area contributed by atoms with Gasteiger partial charge in [-0.15, -0.1) is 0 Å². The van der Waals surface area contributed by atoms with E-state index in [0.717, 1.165) is 9.58 Å². The Hall–Kier alpha value is -3.43. The third-order valence-corrected chi connectivity index (χ3v) is 3.61. The van der Waals surface area contributed by atoms with Crippen LogP contribution in [0.5, 0.6) is 0 Å². The molecule has 0 radical (unpaired) electrons. The van der Waals surface area contributed by atoms with Crippen LogP contribution in [0.1, 0.15) is 0 Å². The Balaban J connectivity index is 2.02. The van der Waals surface area contributed by atoms with Crippen molar-refractivity contribution in [2.45, 2.75) is 6.54 Å². The summed E-state index contributed by atoms with van der Waals surface area (Å²) in [7, 11) is 2.82. The summed E-state index contributed by atoms with van der Waals surface area (Å²) in [5.41, 5.74) is -1.07. The van der Waals surface area contributed by atoms with E-state index in [1.54, 1.807) is 12.1 Å². The number of hydrogen-bond acceptors (Lipinski definition) is 6. The Bertz CT molecular complexity index is 961. The summed E-state index contributed by atoms with van der Waals surface area (Å²) in [6, 6.07) is 6.20. The molecule has 0 atom stereocenters. The standard InChI is InChI=1S/C16H18N4O6/c1-17-12(21)7-19(2)13(22)9-26-14(23)8-20-16(25)11-6-4-3-5-10(11)15(24)18-20/h3-6H,7-9H2,1-2H3,(H,17,21)(H,18,24). The third kappa shape index (κ3) is 4.35. The van der Waals surface area contributed by atoms with Crippen molar-refractivity contribution in [1.82, 2.24) is 20.0 Å². The highest BCUT2D eigenvalue weighted by Gasteiger charge is 2.16. The highest BCUT2D eigenvalue weighted by molar-refractivity contribution is 5.86. The molecule has 0 bridgehead atoms.